The summed E-state index contributed by atoms with van der Waals surface area (Å²) in [6, 6.07) is 8.25. The van der Waals surface area contributed by atoms with Crippen LogP contribution < -0.4 is 11.1 Å². The summed E-state index contributed by atoms with van der Waals surface area (Å²) in [4.78, 5) is 34.4. The van der Waals surface area contributed by atoms with Crippen molar-refractivity contribution >= 4 is 23.2 Å². The van der Waals surface area contributed by atoms with Gasteiger partial charge in [0.15, 0.2) is 17.3 Å². The zero-order valence-corrected chi connectivity index (χ0v) is 20.3. The number of nitrogens with one attached hydrogen (secondary N) is 1. The van der Waals surface area contributed by atoms with Crippen LogP contribution in [-0.4, -0.2) is 66.5 Å². The summed E-state index contributed by atoms with van der Waals surface area (Å²) in [5.41, 5.74) is 5.18. The predicted octanol–water partition coefficient (Wildman–Crippen LogP) is 2.45. The third kappa shape index (κ3) is 5.16. The average Bonchev–Trinajstić information content (AvgIpc) is 3.61. The van der Waals surface area contributed by atoms with E-state index in [-0.39, 0.29) is 35.1 Å². The number of alkyl halides is 3. The van der Waals surface area contributed by atoms with Crippen LogP contribution in [0.25, 0.3) is 22.6 Å². The highest BCUT2D eigenvalue weighted by molar-refractivity contribution is 5.97. The van der Waals surface area contributed by atoms with Crippen molar-refractivity contribution in [2.45, 2.75) is 24.7 Å². The number of amides is 2. The summed E-state index contributed by atoms with van der Waals surface area (Å²) >= 11 is 0. The fourth-order valence-electron chi connectivity index (χ4n) is 4.16. The van der Waals surface area contributed by atoms with Gasteiger partial charge in [0.25, 0.3) is 11.8 Å². The summed E-state index contributed by atoms with van der Waals surface area (Å²) in [5, 5.41) is 21.2. The number of likely N-dealkylation sites (N-methyl/N-ethyl adjacent to an activating group) is 1. The second-order valence-electron chi connectivity index (χ2n) is 8.98. The molecule has 4 heterocycles. The Kier molecular flexibility index (Phi) is 6.30. The molecule has 202 valence electrons. The number of primary amides is 1. The maximum absolute atomic E-state index is 12.6. The van der Waals surface area contributed by atoms with Crippen LogP contribution in [0.15, 0.2) is 53.4 Å². The van der Waals surface area contributed by atoms with Crippen LogP contribution in [-0.2, 0) is 16.9 Å². The first kappa shape index (κ1) is 25.8. The van der Waals surface area contributed by atoms with E-state index >= 15 is 0 Å². The number of carbonyl (C=O) groups excluding carboxylic acids is 2. The molecular formula is C24H21F3N8O4. The lowest BCUT2D eigenvalue weighted by Crippen LogP contribution is -2.35. The van der Waals surface area contributed by atoms with E-state index in [1.54, 1.807) is 31.3 Å². The lowest BCUT2D eigenvalue weighted by atomic mass is 9.98. The number of rotatable bonds is 7. The Labute approximate surface area is 218 Å². The van der Waals surface area contributed by atoms with Crippen LogP contribution in [0.2, 0.25) is 0 Å². The second-order valence-corrected chi connectivity index (χ2v) is 8.98. The minimum atomic E-state index is -4.45. The zero-order chi connectivity index (χ0) is 27.9. The van der Waals surface area contributed by atoms with Crippen LogP contribution >= 0.6 is 0 Å². The van der Waals surface area contributed by atoms with E-state index in [1.165, 1.54) is 17.2 Å². The highest BCUT2D eigenvalue weighted by Gasteiger charge is 2.48. The normalized spacial score (nSPS) is 17.6. The summed E-state index contributed by atoms with van der Waals surface area (Å²) in [6.45, 7) is -0.899. The van der Waals surface area contributed by atoms with Crippen molar-refractivity contribution < 1.29 is 32.4 Å². The van der Waals surface area contributed by atoms with Gasteiger partial charge in [0.2, 0.25) is 5.60 Å². The molecule has 12 nitrogen and oxygen atoms in total. The fraction of sp³-hybridized carbons (Fsp3) is 0.250. The van der Waals surface area contributed by atoms with Crippen molar-refractivity contribution in [2.75, 3.05) is 18.9 Å². The van der Waals surface area contributed by atoms with Crippen LogP contribution in [0.5, 0.6) is 0 Å². The number of benzene rings is 1. The molecule has 0 aliphatic carbocycles. The highest BCUT2D eigenvalue weighted by Crippen LogP contribution is 2.35. The Bertz CT molecular complexity index is 1570. The lowest BCUT2D eigenvalue weighted by Gasteiger charge is -2.16. The monoisotopic (exact) mass is 542 g/mol. The maximum Gasteiger partial charge on any atom is 0.408 e. The molecule has 1 aromatic carbocycles. The minimum Gasteiger partial charge on any atom is -0.373 e. The van der Waals surface area contributed by atoms with E-state index in [2.05, 4.69) is 25.5 Å². The molecule has 1 atom stereocenters. The number of nitrogens with two attached hydrogens (primary N) is 1. The summed E-state index contributed by atoms with van der Waals surface area (Å²) < 4.78 is 43.8. The Hall–Kier alpha value is -4.79. The van der Waals surface area contributed by atoms with E-state index in [9.17, 15) is 27.9 Å². The summed E-state index contributed by atoms with van der Waals surface area (Å²) in [7, 11) is 1.59. The van der Waals surface area contributed by atoms with Crippen molar-refractivity contribution in [3.05, 3.63) is 60.4 Å². The molecule has 3 aromatic heterocycles. The van der Waals surface area contributed by atoms with Crippen LogP contribution in [0, 0.1) is 0 Å². The molecule has 0 saturated carbocycles. The molecule has 39 heavy (non-hydrogen) atoms. The van der Waals surface area contributed by atoms with Crippen molar-refractivity contribution in [1.29, 1.82) is 0 Å². The first-order chi connectivity index (χ1) is 18.4. The quantitative estimate of drug-likeness (QED) is 0.318. The lowest BCUT2D eigenvalue weighted by molar-refractivity contribution is -0.145. The first-order valence-electron chi connectivity index (χ1n) is 11.5. The average molecular weight is 542 g/mol. The molecule has 1 aliphatic rings. The molecule has 1 aliphatic heterocycles. The van der Waals surface area contributed by atoms with Gasteiger partial charge in [-0.2, -0.15) is 18.3 Å². The number of anilines is 2. The topological polar surface area (TPSA) is 165 Å². The third-order valence-corrected chi connectivity index (χ3v) is 6.12. The van der Waals surface area contributed by atoms with Gasteiger partial charge in [-0.1, -0.05) is 23.4 Å². The molecule has 0 spiro atoms. The van der Waals surface area contributed by atoms with Gasteiger partial charge in [0.1, 0.15) is 12.2 Å². The molecule has 0 bridgehead atoms. The molecule has 15 heteroatoms. The summed E-state index contributed by atoms with van der Waals surface area (Å²) in [6.07, 6.45) is -0.714. The largest absolute Gasteiger partial charge is 0.408 e. The van der Waals surface area contributed by atoms with E-state index in [0.29, 0.717) is 28.0 Å². The molecule has 0 unspecified atom stereocenters. The molecule has 2 amide bonds. The Balaban J connectivity index is 1.40. The molecule has 4 aromatic rings. The Morgan fingerprint density at radius 2 is 2.03 bits per heavy atom. The third-order valence-electron chi connectivity index (χ3n) is 6.12. The van der Waals surface area contributed by atoms with Gasteiger partial charge in [0, 0.05) is 43.4 Å². The van der Waals surface area contributed by atoms with Gasteiger partial charge >= 0.3 is 6.18 Å². The predicted molar refractivity (Wildman–Crippen MR) is 129 cm³/mol. The van der Waals surface area contributed by atoms with Crippen molar-refractivity contribution in [3.8, 4) is 22.6 Å². The molecule has 0 radical (unpaired) electrons. The van der Waals surface area contributed by atoms with Crippen LogP contribution in [0.4, 0.5) is 24.5 Å². The van der Waals surface area contributed by atoms with E-state index in [0.717, 1.165) is 12.4 Å². The Morgan fingerprint density at radius 1 is 1.26 bits per heavy atom. The molecule has 1 saturated heterocycles. The number of likely N-dealkylation sites (tertiary alicyclic amines) is 1. The second kappa shape index (κ2) is 9.50. The Morgan fingerprint density at radius 3 is 2.72 bits per heavy atom. The van der Waals surface area contributed by atoms with Crippen molar-refractivity contribution in [3.63, 3.8) is 0 Å². The van der Waals surface area contributed by atoms with Gasteiger partial charge in [0.05, 0.1) is 23.8 Å². The summed E-state index contributed by atoms with van der Waals surface area (Å²) in [5.74, 6) is -1.20. The van der Waals surface area contributed by atoms with E-state index in [4.69, 9.17) is 10.3 Å². The SMILES string of the molecule is CN1CC[C@@](O)(c2cc(-c3cccc(-c4ncc(Nc5cnn(CC(F)(F)F)c5)c(C(N)=O)n4)c3)no2)C1=O. The van der Waals surface area contributed by atoms with Crippen LogP contribution in [0.1, 0.15) is 22.7 Å². The molecule has 5 rings (SSSR count). The number of aromatic nitrogens is 5. The maximum atomic E-state index is 12.6. The molecular weight excluding hydrogens is 521 g/mol. The number of nitrogens with zero attached hydrogens (tertiary/aromatic N) is 6. The van der Waals surface area contributed by atoms with Crippen molar-refractivity contribution in [2.24, 2.45) is 5.73 Å². The fourth-order valence-corrected chi connectivity index (χ4v) is 4.16. The van der Waals surface area contributed by atoms with Gasteiger partial charge in [-0.05, 0) is 6.07 Å². The minimum absolute atomic E-state index is 0.0264. The number of aliphatic hydroxyl groups is 1. The standard InChI is InChI=1S/C24H21F3N8O4/c1-34-6-5-23(38,22(34)37)18-8-16(33-39-18)13-3-2-4-14(7-13)21-29-10-17(19(32-21)20(28)36)31-15-9-30-35(11-15)12-24(25,26)27/h2-4,7-11,31,38H,5-6,12H2,1H3,(H2,28,36)/t23-/m1/s1. The van der Waals surface area contributed by atoms with Gasteiger partial charge in [-0.15, -0.1) is 0 Å². The number of carbonyl (C=O) groups is 2. The number of hydrogen-bond acceptors (Lipinski definition) is 9. The number of hydrogen-bond donors (Lipinski definition) is 3. The van der Waals surface area contributed by atoms with E-state index < -0.39 is 30.1 Å². The molecule has 1 fully saturated rings. The van der Waals surface area contributed by atoms with Crippen LogP contribution in [0.3, 0.4) is 0 Å². The number of halogens is 3. The van der Waals surface area contributed by atoms with Gasteiger partial charge < -0.3 is 25.6 Å². The van der Waals surface area contributed by atoms with Crippen molar-refractivity contribution in [1.82, 2.24) is 29.8 Å². The highest BCUT2D eigenvalue weighted by atomic mass is 19.4. The smallest absolute Gasteiger partial charge is 0.373 e. The van der Waals surface area contributed by atoms with E-state index in [1.807, 2.05) is 0 Å². The first-order valence-corrected chi connectivity index (χ1v) is 11.5. The van der Waals surface area contributed by atoms with Gasteiger partial charge in [-0.3, -0.25) is 14.3 Å². The molecule has 4 N–H and O–H groups in total. The zero-order valence-electron chi connectivity index (χ0n) is 20.3. The van der Waals surface area contributed by atoms with Gasteiger partial charge in [-0.25, -0.2) is 9.97 Å².